The van der Waals surface area contributed by atoms with Gasteiger partial charge < -0.3 is 9.32 Å². The van der Waals surface area contributed by atoms with Crippen LogP contribution in [0.4, 0.5) is 0 Å². The summed E-state index contributed by atoms with van der Waals surface area (Å²) in [4.78, 5) is 19.1. The minimum absolute atomic E-state index is 0.0102. The van der Waals surface area contributed by atoms with Crippen molar-refractivity contribution in [3.8, 4) is 10.6 Å². The van der Waals surface area contributed by atoms with E-state index >= 15 is 0 Å². The van der Waals surface area contributed by atoms with Gasteiger partial charge in [-0.05, 0) is 25.1 Å². The first kappa shape index (κ1) is 18.7. The Morgan fingerprint density at radius 3 is 2.75 bits per heavy atom. The van der Waals surface area contributed by atoms with Crippen molar-refractivity contribution >= 4 is 39.8 Å². The molecule has 0 bridgehead atoms. The van der Waals surface area contributed by atoms with Gasteiger partial charge >= 0.3 is 0 Å². The van der Waals surface area contributed by atoms with E-state index in [0.717, 1.165) is 33.0 Å². The third-order valence-electron chi connectivity index (χ3n) is 4.82. The molecular formula is C22H19ClN2O2S. The van der Waals surface area contributed by atoms with Crippen molar-refractivity contribution in [1.29, 1.82) is 0 Å². The van der Waals surface area contributed by atoms with Crippen molar-refractivity contribution in [2.75, 3.05) is 7.05 Å². The van der Waals surface area contributed by atoms with E-state index in [4.69, 9.17) is 16.0 Å². The molecule has 0 radical (unpaired) electrons. The number of amides is 1. The van der Waals surface area contributed by atoms with E-state index in [-0.39, 0.29) is 18.4 Å². The number of hydrogen-bond acceptors (Lipinski definition) is 4. The zero-order valence-electron chi connectivity index (χ0n) is 15.6. The molecule has 6 heteroatoms. The highest BCUT2D eigenvalue weighted by molar-refractivity contribution is 7.13. The maximum Gasteiger partial charge on any atom is 0.228 e. The van der Waals surface area contributed by atoms with Crippen LogP contribution in [-0.2, 0) is 11.2 Å². The van der Waals surface area contributed by atoms with Crippen LogP contribution in [0.5, 0.6) is 0 Å². The van der Waals surface area contributed by atoms with Crippen molar-refractivity contribution in [3.63, 3.8) is 0 Å². The molecular weight excluding hydrogens is 392 g/mol. The Hall–Kier alpha value is -2.63. The number of nitrogens with zero attached hydrogens (tertiary/aromatic N) is 2. The van der Waals surface area contributed by atoms with E-state index < -0.39 is 0 Å². The summed E-state index contributed by atoms with van der Waals surface area (Å²) in [5, 5.41) is 4.43. The Morgan fingerprint density at radius 2 is 1.96 bits per heavy atom. The quantitative estimate of drug-likeness (QED) is 0.407. The zero-order chi connectivity index (χ0) is 19.7. The number of carbonyl (C=O) groups is 1. The van der Waals surface area contributed by atoms with Crippen LogP contribution < -0.4 is 0 Å². The normalized spacial score (nSPS) is 12.2. The molecule has 28 heavy (non-hydrogen) atoms. The number of fused-ring (bicyclic) bond motifs is 1. The van der Waals surface area contributed by atoms with Crippen molar-refractivity contribution in [3.05, 3.63) is 76.5 Å². The highest BCUT2D eigenvalue weighted by atomic mass is 35.5. The predicted molar refractivity (Wildman–Crippen MR) is 114 cm³/mol. The summed E-state index contributed by atoms with van der Waals surface area (Å²) in [6, 6.07) is 17.3. The average molecular weight is 411 g/mol. The van der Waals surface area contributed by atoms with Crippen LogP contribution in [-0.4, -0.2) is 22.8 Å². The van der Waals surface area contributed by atoms with Crippen molar-refractivity contribution < 1.29 is 9.21 Å². The van der Waals surface area contributed by atoms with Crippen LogP contribution in [0.1, 0.15) is 24.4 Å². The lowest BCUT2D eigenvalue weighted by molar-refractivity contribution is -0.131. The van der Waals surface area contributed by atoms with Crippen LogP contribution >= 0.6 is 22.9 Å². The fourth-order valence-corrected chi connectivity index (χ4v) is 4.18. The first-order valence-corrected chi connectivity index (χ1v) is 10.2. The Bertz CT molecular complexity index is 1100. The number of furan rings is 1. The summed E-state index contributed by atoms with van der Waals surface area (Å²) in [7, 11) is 1.79. The second-order valence-electron chi connectivity index (χ2n) is 6.67. The molecule has 1 amide bonds. The zero-order valence-corrected chi connectivity index (χ0v) is 17.1. The van der Waals surface area contributed by atoms with Gasteiger partial charge in [0.05, 0.1) is 23.2 Å². The smallest absolute Gasteiger partial charge is 0.228 e. The predicted octanol–water partition coefficient (Wildman–Crippen LogP) is 5.97. The standard InChI is InChI=1S/C22H19ClN2O2S/c1-14(20-11-15-7-3-6-10-19(15)27-20)25(2)21(26)12-16-13-28-22(24-16)17-8-4-5-9-18(17)23/h3-11,13-14H,12H2,1-2H3/t14-/m1/s1. The Labute approximate surface area is 172 Å². The number of benzene rings is 2. The number of aromatic nitrogens is 1. The Kier molecular flexibility index (Phi) is 5.20. The largest absolute Gasteiger partial charge is 0.459 e. The molecule has 0 saturated carbocycles. The van der Waals surface area contributed by atoms with Crippen LogP contribution in [0.3, 0.4) is 0 Å². The van der Waals surface area contributed by atoms with Crippen LogP contribution in [0.25, 0.3) is 21.5 Å². The van der Waals surface area contributed by atoms with Gasteiger partial charge in [-0.15, -0.1) is 11.3 Å². The number of para-hydroxylation sites is 1. The maximum absolute atomic E-state index is 12.8. The van der Waals surface area contributed by atoms with Gasteiger partial charge in [0.15, 0.2) is 0 Å². The van der Waals surface area contributed by atoms with Gasteiger partial charge in [0.25, 0.3) is 0 Å². The highest BCUT2D eigenvalue weighted by Crippen LogP contribution is 2.31. The molecule has 0 spiro atoms. The summed E-state index contributed by atoms with van der Waals surface area (Å²) in [5.41, 5.74) is 2.46. The SMILES string of the molecule is C[C@H](c1cc2ccccc2o1)N(C)C(=O)Cc1csc(-c2ccccc2Cl)n1. The van der Waals surface area contributed by atoms with Gasteiger partial charge in [-0.1, -0.05) is 48.0 Å². The van der Waals surface area contributed by atoms with E-state index in [9.17, 15) is 4.79 Å². The summed E-state index contributed by atoms with van der Waals surface area (Å²) in [6.45, 7) is 1.96. The first-order chi connectivity index (χ1) is 13.5. The summed E-state index contributed by atoms with van der Waals surface area (Å²) >= 11 is 7.74. The second kappa shape index (κ2) is 7.78. The van der Waals surface area contributed by atoms with E-state index in [1.54, 1.807) is 11.9 Å². The molecule has 0 N–H and O–H groups in total. The number of hydrogen-bond donors (Lipinski definition) is 0. The molecule has 0 fully saturated rings. The molecule has 0 unspecified atom stereocenters. The molecule has 0 saturated heterocycles. The van der Waals surface area contributed by atoms with E-state index in [1.807, 2.05) is 66.9 Å². The van der Waals surface area contributed by atoms with E-state index in [1.165, 1.54) is 11.3 Å². The van der Waals surface area contributed by atoms with Crippen LogP contribution in [0, 0.1) is 0 Å². The van der Waals surface area contributed by atoms with Gasteiger partial charge in [-0.3, -0.25) is 4.79 Å². The lowest BCUT2D eigenvalue weighted by Gasteiger charge is -2.23. The maximum atomic E-state index is 12.8. The molecule has 2 aromatic heterocycles. The molecule has 142 valence electrons. The van der Waals surface area contributed by atoms with Crippen molar-refractivity contribution in [1.82, 2.24) is 9.88 Å². The van der Waals surface area contributed by atoms with Gasteiger partial charge in [0.2, 0.25) is 5.91 Å². The highest BCUT2D eigenvalue weighted by Gasteiger charge is 2.22. The number of rotatable bonds is 5. The molecule has 0 aliphatic rings. The number of likely N-dealkylation sites (N-methyl/N-ethyl adjacent to an activating group) is 1. The number of carbonyl (C=O) groups excluding carboxylic acids is 1. The third-order valence-corrected chi connectivity index (χ3v) is 6.07. The molecule has 4 rings (SSSR count). The Balaban J connectivity index is 1.48. The fourth-order valence-electron chi connectivity index (χ4n) is 3.04. The first-order valence-electron chi connectivity index (χ1n) is 8.96. The van der Waals surface area contributed by atoms with E-state index in [0.29, 0.717) is 5.02 Å². The summed E-state index contributed by atoms with van der Waals surface area (Å²) < 4.78 is 5.90. The van der Waals surface area contributed by atoms with E-state index in [2.05, 4.69) is 4.98 Å². The lowest BCUT2D eigenvalue weighted by Crippen LogP contribution is -2.30. The minimum atomic E-state index is -0.165. The number of thiazole rings is 1. The summed E-state index contributed by atoms with van der Waals surface area (Å²) in [5.74, 6) is 0.760. The number of halogens is 1. The third kappa shape index (κ3) is 3.68. The molecule has 0 aliphatic carbocycles. The van der Waals surface area contributed by atoms with Crippen LogP contribution in [0.2, 0.25) is 5.02 Å². The Morgan fingerprint density at radius 1 is 1.21 bits per heavy atom. The molecule has 4 nitrogen and oxygen atoms in total. The average Bonchev–Trinajstić information content (AvgIpc) is 3.34. The lowest BCUT2D eigenvalue weighted by atomic mass is 10.2. The van der Waals surface area contributed by atoms with Crippen LogP contribution in [0.15, 0.2) is 64.4 Å². The summed E-state index contributed by atoms with van der Waals surface area (Å²) in [6.07, 6.45) is 0.238. The monoisotopic (exact) mass is 410 g/mol. The topological polar surface area (TPSA) is 46.3 Å². The minimum Gasteiger partial charge on any atom is -0.459 e. The van der Waals surface area contributed by atoms with Gasteiger partial charge in [-0.2, -0.15) is 0 Å². The van der Waals surface area contributed by atoms with Crippen molar-refractivity contribution in [2.45, 2.75) is 19.4 Å². The van der Waals surface area contributed by atoms with Gasteiger partial charge in [-0.25, -0.2) is 4.98 Å². The molecule has 2 heterocycles. The van der Waals surface area contributed by atoms with Crippen molar-refractivity contribution in [2.24, 2.45) is 0 Å². The van der Waals surface area contributed by atoms with Gasteiger partial charge in [0.1, 0.15) is 16.4 Å². The van der Waals surface area contributed by atoms with Gasteiger partial charge in [0, 0.05) is 23.4 Å². The fraction of sp³-hybridized carbons (Fsp3) is 0.182. The molecule has 0 aliphatic heterocycles. The molecule has 2 aromatic carbocycles. The molecule has 1 atom stereocenters. The molecule has 4 aromatic rings. The second-order valence-corrected chi connectivity index (χ2v) is 7.93.